The van der Waals surface area contributed by atoms with Crippen molar-refractivity contribution in [2.45, 2.75) is 13.0 Å². The second-order valence-electron chi connectivity index (χ2n) is 4.67. The van der Waals surface area contributed by atoms with Crippen molar-refractivity contribution in [3.8, 4) is 11.3 Å². The van der Waals surface area contributed by atoms with E-state index in [1.807, 2.05) is 29.6 Å². The van der Waals surface area contributed by atoms with Crippen molar-refractivity contribution in [1.82, 2.24) is 9.71 Å². The number of hydrogen-bond donors (Lipinski definition) is 1. The van der Waals surface area contributed by atoms with Gasteiger partial charge < -0.3 is 4.74 Å². The van der Waals surface area contributed by atoms with E-state index in [0.29, 0.717) is 19.6 Å². The first kappa shape index (κ1) is 16.1. The molecule has 1 heterocycles. The summed E-state index contributed by atoms with van der Waals surface area (Å²) in [6.45, 7) is 0.937. The Kier molecular flexibility index (Phi) is 5.46. The molecule has 0 spiro atoms. The molecular formula is C14H18N2O3S2. The van der Waals surface area contributed by atoms with Crippen molar-refractivity contribution in [3.05, 3.63) is 40.2 Å². The van der Waals surface area contributed by atoms with Crippen molar-refractivity contribution in [1.29, 1.82) is 0 Å². The fraction of sp³-hybridized carbons (Fsp3) is 0.357. The lowest BCUT2D eigenvalue weighted by atomic mass is 10.1. The molecule has 21 heavy (non-hydrogen) atoms. The summed E-state index contributed by atoms with van der Waals surface area (Å²) in [6.07, 6.45) is 1.83. The van der Waals surface area contributed by atoms with Gasteiger partial charge in [-0.25, -0.2) is 18.1 Å². The second kappa shape index (κ2) is 7.13. The van der Waals surface area contributed by atoms with Crippen LogP contribution in [0.3, 0.4) is 0 Å². The standard InChI is InChI=1S/C14H18N2O3S2/c1-19-9-14-16-13(10-20-14)12-5-3-11(4-6-12)7-8-15-21(2,17)18/h3-6,10,15H,7-9H2,1-2H3. The highest BCUT2D eigenvalue weighted by molar-refractivity contribution is 7.88. The summed E-state index contributed by atoms with van der Waals surface area (Å²) < 4.78 is 29.5. The minimum Gasteiger partial charge on any atom is -0.378 e. The minimum atomic E-state index is -3.12. The molecule has 0 amide bonds. The maximum Gasteiger partial charge on any atom is 0.208 e. The number of thiazole rings is 1. The Labute approximate surface area is 129 Å². The highest BCUT2D eigenvalue weighted by Crippen LogP contribution is 2.22. The molecule has 2 rings (SSSR count). The molecule has 0 radical (unpaired) electrons. The summed E-state index contributed by atoms with van der Waals surface area (Å²) in [6, 6.07) is 7.99. The maximum absolute atomic E-state index is 11.0. The van der Waals surface area contributed by atoms with Gasteiger partial charge in [-0.1, -0.05) is 24.3 Å². The van der Waals surface area contributed by atoms with E-state index in [0.717, 1.165) is 28.1 Å². The van der Waals surface area contributed by atoms with Crippen LogP contribution in [0.2, 0.25) is 0 Å². The van der Waals surface area contributed by atoms with E-state index in [4.69, 9.17) is 4.74 Å². The van der Waals surface area contributed by atoms with Crippen LogP contribution in [0.5, 0.6) is 0 Å². The third-order valence-corrected chi connectivity index (χ3v) is 4.40. The first-order valence-electron chi connectivity index (χ1n) is 6.45. The van der Waals surface area contributed by atoms with Gasteiger partial charge in [0.25, 0.3) is 0 Å². The molecule has 0 aliphatic carbocycles. The van der Waals surface area contributed by atoms with Gasteiger partial charge in [0.1, 0.15) is 5.01 Å². The van der Waals surface area contributed by atoms with E-state index in [1.54, 1.807) is 18.4 Å². The van der Waals surface area contributed by atoms with Gasteiger partial charge in [0, 0.05) is 24.6 Å². The monoisotopic (exact) mass is 326 g/mol. The van der Waals surface area contributed by atoms with E-state index in [1.165, 1.54) is 0 Å². The lowest BCUT2D eigenvalue weighted by Gasteiger charge is -2.04. The average Bonchev–Trinajstić information content (AvgIpc) is 2.87. The normalized spacial score (nSPS) is 11.7. The Morgan fingerprint density at radius 3 is 2.62 bits per heavy atom. The highest BCUT2D eigenvalue weighted by atomic mass is 32.2. The van der Waals surface area contributed by atoms with E-state index in [-0.39, 0.29) is 0 Å². The van der Waals surface area contributed by atoms with Crippen molar-refractivity contribution in [3.63, 3.8) is 0 Å². The molecule has 1 aromatic carbocycles. The predicted molar refractivity (Wildman–Crippen MR) is 84.8 cm³/mol. The maximum atomic E-state index is 11.0. The molecule has 0 aliphatic rings. The number of methoxy groups -OCH3 is 1. The number of aromatic nitrogens is 1. The number of hydrogen-bond acceptors (Lipinski definition) is 5. The van der Waals surface area contributed by atoms with Crippen molar-refractivity contribution in [2.75, 3.05) is 19.9 Å². The number of benzene rings is 1. The van der Waals surface area contributed by atoms with Crippen LogP contribution in [-0.2, 0) is 27.8 Å². The summed E-state index contributed by atoms with van der Waals surface area (Å²) in [4.78, 5) is 4.50. The van der Waals surface area contributed by atoms with Crippen LogP contribution in [0.4, 0.5) is 0 Å². The molecule has 2 aromatic rings. The molecule has 0 fully saturated rings. The molecule has 1 aromatic heterocycles. The molecule has 114 valence electrons. The lowest BCUT2D eigenvalue weighted by molar-refractivity contribution is 0.184. The van der Waals surface area contributed by atoms with Crippen molar-refractivity contribution < 1.29 is 13.2 Å². The quantitative estimate of drug-likeness (QED) is 0.845. The third-order valence-electron chi connectivity index (χ3n) is 2.85. The molecule has 0 saturated heterocycles. The highest BCUT2D eigenvalue weighted by Gasteiger charge is 2.05. The summed E-state index contributed by atoms with van der Waals surface area (Å²) in [5, 5.41) is 2.96. The fourth-order valence-corrected chi connectivity index (χ4v) is 3.10. The van der Waals surface area contributed by atoms with E-state index >= 15 is 0 Å². The van der Waals surface area contributed by atoms with Gasteiger partial charge >= 0.3 is 0 Å². The molecule has 0 atom stereocenters. The van der Waals surface area contributed by atoms with Gasteiger partial charge in [-0.2, -0.15) is 0 Å². The zero-order valence-electron chi connectivity index (χ0n) is 12.0. The van der Waals surface area contributed by atoms with Crippen LogP contribution in [-0.4, -0.2) is 33.3 Å². The van der Waals surface area contributed by atoms with Gasteiger partial charge in [0.2, 0.25) is 10.0 Å². The molecule has 7 heteroatoms. The SMILES string of the molecule is COCc1nc(-c2ccc(CCNS(C)(=O)=O)cc2)cs1. The first-order chi connectivity index (χ1) is 9.98. The zero-order valence-corrected chi connectivity index (χ0v) is 13.6. The number of rotatable bonds is 7. The number of nitrogens with zero attached hydrogens (tertiary/aromatic N) is 1. The van der Waals surface area contributed by atoms with Crippen LogP contribution in [0, 0.1) is 0 Å². The van der Waals surface area contributed by atoms with Crippen LogP contribution in [0.25, 0.3) is 11.3 Å². The minimum absolute atomic E-state index is 0.410. The fourth-order valence-electron chi connectivity index (χ4n) is 1.86. The topological polar surface area (TPSA) is 68.3 Å². The zero-order chi connectivity index (χ0) is 15.3. The molecule has 0 unspecified atom stereocenters. The summed E-state index contributed by atoms with van der Waals surface area (Å²) in [5.41, 5.74) is 3.07. The van der Waals surface area contributed by atoms with Gasteiger partial charge in [0.05, 0.1) is 18.6 Å². The summed E-state index contributed by atoms with van der Waals surface area (Å²) in [5.74, 6) is 0. The largest absolute Gasteiger partial charge is 0.378 e. The Hall–Kier alpha value is -1.28. The third kappa shape index (κ3) is 5.20. The molecule has 1 N–H and O–H groups in total. The smallest absolute Gasteiger partial charge is 0.208 e. The Morgan fingerprint density at radius 2 is 2.00 bits per heavy atom. The Morgan fingerprint density at radius 1 is 1.29 bits per heavy atom. The average molecular weight is 326 g/mol. The van der Waals surface area contributed by atoms with E-state index < -0.39 is 10.0 Å². The van der Waals surface area contributed by atoms with Gasteiger partial charge in [0.15, 0.2) is 0 Å². The lowest BCUT2D eigenvalue weighted by Crippen LogP contribution is -2.24. The Balaban J connectivity index is 1.97. The first-order valence-corrected chi connectivity index (χ1v) is 9.22. The molecule has 0 bridgehead atoms. The molecular weight excluding hydrogens is 308 g/mol. The van der Waals surface area contributed by atoms with Crippen LogP contribution < -0.4 is 4.72 Å². The van der Waals surface area contributed by atoms with Gasteiger partial charge in [-0.3, -0.25) is 0 Å². The summed E-state index contributed by atoms with van der Waals surface area (Å²) >= 11 is 1.58. The van der Waals surface area contributed by atoms with Crippen LogP contribution >= 0.6 is 11.3 Å². The van der Waals surface area contributed by atoms with Crippen LogP contribution in [0.15, 0.2) is 29.6 Å². The van der Waals surface area contributed by atoms with Crippen molar-refractivity contribution >= 4 is 21.4 Å². The molecule has 5 nitrogen and oxygen atoms in total. The number of nitrogens with one attached hydrogen (secondary N) is 1. The van der Waals surface area contributed by atoms with Crippen LogP contribution in [0.1, 0.15) is 10.6 Å². The number of sulfonamides is 1. The van der Waals surface area contributed by atoms with Gasteiger partial charge in [-0.15, -0.1) is 11.3 Å². The van der Waals surface area contributed by atoms with Gasteiger partial charge in [-0.05, 0) is 12.0 Å². The second-order valence-corrected chi connectivity index (χ2v) is 7.45. The van der Waals surface area contributed by atoms with E-state index in [2.05, 4.69) is 9.71 Å². The predicted octanol–water partition coefficient (Wildman–Crippen LogP) is 2.05. The number of ether oxygens (including phenoxy) is 1. The Bertz CT molecular complexity index is 678. The van der Waals surface area contributed by atoms with Crippen molar-refractivity contribution in [2.24, 2.45) is 0 Å². The molecule has 0 aliphatic heterocycles. The molecule has 0 saturated carbocycles. The summed E-state index contributed by atoms with van der Waals surface area (Å²) in [7, 11) is -1.47. The van der Waals surface area contributed by atoms with E-state index in [9.17, 15) is 8.42 Å².